The molecule has 0 saturated carbocycles. The molecule has 0 aliphatic carbocycles. The molecule has 0 aliphatic rings. The van der Waals surface area contributed by atoms with E-state index in [9.17, 15) is 0 Å². The first-order chi connectivity index (χ1) is 8.36. The molecule has 0 fully saturated rings. The SMILES string of the molecule is CCOc1ccc2nc3ccccc3cc2c1. The van der Waals surface area contributed by atoms with Gasteiger partial charge in [-0.05, 0) is 37.3 Å². The highest BCUT2D eigenvalue weighted by atomic mass is 16.5. The number of aromatic nitrogens is 1. The maximum Gasteiger partial charge on any atom is 0.120 e. The lowest BCUT2D eigenvalue weighted by Crippen LogP contribution is -1.91. The van der Waals surface area contributed by atoms with Gasteiger partial charge in [0.15, 0.2) is 0 Å². The molecule has 2 heteroatoms. The first kappa shape index (κ1) is 10.1. The van der Waals surface area contributed by atoms with Crippen LogP contribution in [0.3, 0.4) is 0 Å². The van der Waals surface area contributed by atoms with Gasteiger partial charge < -0.3 is 4.74 Å². The quantitative estimate of drug-likeness (QED) is 0.617. The molecule has 0 aliphatic heterocycles. The molecule has 0 unspecified atom stereocenters. The predicted molar refractivity (Wildman–Crippen MR) is 70.4 cm³/mol. The van der Waals surface area contributed by atoms with Crippen LogP contribution in [0.5, 0.6) is 5.75 Å². The summed E-state index contributed by atoms with van der Waals surface area (Å²) in [4.78, 5) is 4.62. The number of hydrogen-bond donors (Lipinski definition) is 0. The number of hydrogen-bond acceptors (Lipinski definition) is 2. The molecule has 0 saturated heterocycles. The minimum absolute atomic E-state index is 0.687. The number of ether oxygens (including phenoxy) is 1. The second kappa shape index (κ2) is 4.06. The van der Waals surface area contributed by atoms with E-state index in [1.54, 1.807) is 0 Å². The fourth-order valence-electron chi connectivity index (χ4n) is 2.02. The Hall–Kier alpha value is -2.09. The maximum atomic E-state index is 5.50. The zero-order chi connectivity index (χ0) is 11.7. The highest BCUT2D eigenvalue weighted by Gasteiger charge is 2.00. The van der Waals surface area contributed by atoms with E-state index in [4.69, 9.17) is 4.74 Å². The fraction of sp³-hybridized carbons (Fsp3) is 0.133. The van der Waals surface area contributed by atoms with Crippen LogP contribution in [-0.4, -0.2) is 11.6 Å². The summed E-state index contributed by atoms with van der Waals surface area (Å²) < 4.78 is 5.50. The molecule has 3 aromatic rings. The molecule has 0 N–H and O–H groups in total. The van der Waals surface area contributed by atoms with E-state index in [2.05, 4.69) is 17.1 Å². The summed E-state index contributed by atoms with van der Waals surface area (Å²) in [7, 11) is 0. The standard InChI is InChI=1S/C15H13NO/c1-2-17-13-7-8-15-12(10-13)9-11-5-3-4-6-14(11)16-15/h3-10H,2H2,1H3. The van der Waals surface area contributed by atoms with Crippen molar-refractivity contribution in [2.75, 3.05) is 6.61 Å². The van der Waals surface area contributed by atoms with Gasteiger partial charge in [-0.1, -0.05) is 18.2 Å². The Labute approximate surface area is 99.9 Å². The summed E-state index contributed by atoms with van der Waals surface area (Å²) in [6, 6.07) is 16.3. The third-order valence-electron chi connectivity index (χ3n) is 2.80. The van der Waals surface area contributed by atoms with Crippen LogP contribution in [0.25, 0.3) is 21.8 Å². The van der Waals surface area contributed by atoms with Crippen molar-refractivity contribution >= 4 is 21.8 Å². The summed E-state index contributed by atoms with van der Waals surface area (Å²) in [5, 5.41) is 2.28. The van der Waals surface area contributed by atoms with Gasteiger partial charge in [-0.3, -0.25) is 0 Å². The zero-order valence-corrected chi connectivity index (χ0v) is 9.68. The van der Waals surface area contributed by atoms with Gasteiger partial charge in [-0.25, -0.2) is 4.98 Å². The third kappa shape index (κ3) is 1.82. The van der Waals surface area contributed by atoms with Gasteiger partial charge in [0, 0.05) is 10.8 Å². The molecular weight excluding hydrogens is 210 g/mol. The van der Waals surface area contributed by atoms with Crippen molar-refractivity contribution in [3.05, 3.63) is 48.5 Å². The first-order valence-corrected chi connectivity index (χ1v) is 5.79. The average Bonchev–Trinajstić information content (AvgIpc) is 2.36. The molecular formula is C15H13NO. The van der Waals surface area contributed by atoms with E-state index in [-0.39, 0.29) is 0 Å². The number of fused-ring (bicyclic) bond motifs is 2. The van der Waals surface area contributed by atoms with Gasteiger partial charge in [-0.2, -0.15) is 0 Å². The lowest BCUT2D eigenvalue weighted by Gasteiger charge is -2.05. The van der Waals surface area contributed by atoms with Gasteiger partial charge in [0.2, 0.25) is 0 Å². The minimum atomic E-state index is 0.687. The molecule has 1 heterocycles. The van der Waals surface area contributed by atoms with E-state index < -0.39 is 0 Å². The Kier molecular flexibility index (Phi) is 2.41. The second-order valence-corrected chi connectivity index (χ2v) is 3.97. The van der Waals surface area contributed by atoms with E-state index in [0.717, 1.165) is 27.6 Å². The monoisotopic (exact) mass is 223 g/mol. The molecule has 0 spiro atoms. The Morgan fingerprint density at radius 1 is 0.941 bits per heavy atom. The fourth-order valence-corrected chi connectivity index (χ4v) is 2.02. The second-order valence-electron chi connectivity index (χ2n) is 3.97. The van der Waals surface area contributed by atoms with Crippen molar-refractivity contribution < 1.29 is 4.74 Å². The Balaban J connectivity index is 2.25. The summed E-state index contributed by atoms with van der Waals surface area (Å²) >= 11 is 0. The van der Waals surface area contributed by atoms with E-state index >= 15 is 0 Å². The van der Waals surface area contributed by atoms with Crippen molar-refractivity contribution in [2.24, 2.45) is 0 Å². The third-order valence-corrected chi connectivity index (χ3v) is 2.80. The molecule has 84 valence electrons. The first-order valence-electron chi connectivity index (χ1n) is 5.79. The number of para-hydroxylation sites is 1. The minimum Gasteiger partial charge on any atom is -0.494 e. The van der Waals surface area contributed by atoms with E-state index in [1.807, 2.05) is 43.3 Å². The van der Waals surface area contributed by atoms with Crippen LogP contribution >= 0.6 is 0 Å². The Morgan fingerprint density at radius 3 is 2.65 bits per heavy atom. The normalized spacial score (nSPS) is 10.9. The topological polar surface area (TPSA) is 22.1 Å². The number of pyridine rings is 1. The maximum absolute atomic E-state index is 5.50. The van der Waals surface area contributed by atoms with Crippen molar-refractivity contribution in [1.29, 1.82) is 0 Å². The number of rotatable bonds is 2. The molecule has 0 atom stereocenters. The molecule has 0 radical (unpaired) electrons. The van der Waals surface area contributed by atoms with Crippen LogP contribution in [0.2, 0.25) is 0 Å². The Morgan fingerprint density at radius 2 is 1.76 bits per heavy atom. The van der Waals surface area contributed by atoms with Gasteiger partial charge in [0.1, 0.15) is 5.75 Å². The van der Waals surface area contributed by atoms with E-state index in [0.29, 0.717) is 6.61 Å². The smallest absolute Gasteiger partial charge is 0.120 e. The van der Waals surface area contributed by atoms with Gasteiger partial charge in [-0.15, -0.1) is 0 Å². The molecule has 3 rings (SSSR count). The van der Waals surface area contributed by atoms with Crippen LogP contribution < -0.4 is 4.74 Å². The highest BCUT2D eigenvalue weighted by Crippen LogP contribution is 2.23. The number of nitrogens with zero attached hydrogens (tertiary/aromatic N) is 1. The van der Waals surface area contributed by atoms with Crippen LogP contribution in [0.15, 0.2) is 48.5 Å². The summed E-state index contributed by atoms with van der Waals surface area (Å²) in [6.07, 6.45) is 0. The molecule has 1 aromatic heterocycles. The molecule has 17 heavy (non-hydrogen) atoms. The lowest BCUT2D eigenvalue weighted by molar-refractivity contribution is 0.340. The van der Waals surface area contributed by atoms with Gasteiger partial charge in [0.25, 0.3) is 0 Å². The van der Waals surface area contributed by atoms with E-state index in [1.165, 1.54) is 0 Å². The van der Waals surface area contributed by atoms with Crippen molar-refractivity contribution in [1.82, 2.24) is 4.98 Å². The number of benzene rings is 2. The van der Waals surface area contributed by atoms with Crippen LogP contribution in [0.4, 0.5) is 0 Å². The summed E-state index contributed by atoms with van der Waals surface area (Å²) in [5.41, 5.74) is 2.04. The van der Waals surface area contributed by atoms with Crippen molar-refractivity contribution in [3.63, 3.8) is 0 Å². The predicted octanol–water partition coefficient (Wildman–Crippen LogP) is 3.79. The van der Waals surface area contributed by atoms with Crippen LogP contribution in [-0.2, 0) is 0 Å². The largest absolute Gasteiger partial charge is 0.494 e. The van der Waals surface area contributed by atoms with Crippen LogP contribution in [0.1, 0.15) is 6.92 Å². The van der Waals surface area contributed by atoms with Crippen molar-refractivity contribution in [3.8, 4) is 5.75 Å². The summed E-state index contributed by atoms with van der Waals surface area (Å²) in [5.74, 6) is 0.900. The Bertz CT molecular complexity index is 676. The highest BCUT2D eigenvalue weighted by molar-refractivity contribution is 5.93. The van der Waals surface area contributed by atoms with Gasteiger partial charge >= 0.3 is 0 Å². The summed E-state index contributed by atoms with van der Waals surface area (Å²) in [6.45, 7) is 2.68. The van der Waals surface area contributed by atoms with Gasteiger partial charge in [0.05, 0.1) is 17.6 Å². The van der Waals surface area contributed by atoms with Crippen molar-refractivity contribution in [2.45, 2.75) is 6.92 Å². The zero-order valence-electron chi connectivity index (χ0n) is 9.68. The molecule has 0 amide bonds. The molecule has 0 bridgehead atoms. The van der Waals surface area contributed by atoms with Crippen LogP contribution in [0, 0.1) is 0 Å². The molecule has 2 nitrogen and oxygen atoms in total. The molecule has 2 aromatic carbocycles. The average molecular weight is 223 g/mol. The lowest BCUT2D eigenvalue weighted by atomic mass is 10.1.